The number of benzene rings is 2. The van der Waals surface area contributed by atoms with Crippen molar-refractivity contribution in [3.05, 3.63) is 64.2 Å². The Morgan fingerprint density at radius 1 is 1.11 bits per heavy atom. The fourth-order valence-corrected chi connectivity index (χ4v) is 1.50. The zero-order valence-corrected chi connectivity index (χ0v) is 9.65. The van der Waals surface area contributed by atoms with E-state index in [1.807, 2.05) is 0 Å². The van der Waals surface area contributed by atoms with Crippen molar-refractivity contribution in [3.63, 3.8) is 0 Å². The van der Waals surface area contributed by atoms with E-state index >= 15 is 0 Å². The predicted octanol–water partition coefficient (Wildman–Crippen LogP) is 3.09. The van der Waals surface area contributed by atoms with Gasteiger partial charge in [-0.25, -0.2) is 4.79 Å². The molecule has 0 bridgehead atoms. The van der Waals surface area contributed by atoms with E-state index < -0.39 is 10.9 Å². The summed E-state index contributed by atoms with van der Waals surface area (Å²) in [5.74, 6) is -0.583. The van der Waals surface area contributed by atoms with Gasteiger partial charge < -0.3 is 9.84 Å². The van der Waals surface area contributed by atoms with Crippen molar-refractivity contribution < 1.29 is 19.6 Å². The molecule has 0 saturated heterocycles. The van der Waals surface area contributed by atoms with Gasteiger partial charge in [-0.3, -0.25) is 10.1 Å². The van der Waals surface area contributed by atoms with Gasteiger partial charge in [-0.15, -0.1) is 0 Å². The highest BCUT2D eigenvalue weighted by Gasteiger charge is 2.11. The third-order valence-electron chi connectivity index (χ3n) is 2.39. The van der Waals surface area contributed by atoms with Crippen molar-refractivity contribution >= 4 is 11.7 Å². The number of non-ortho nitro benzene ring substituents is 1. The van der Waals surface area contributed by atoms with Gasteiger partial charge in [0, 0.05) is 12.1 Å². The number of para-hydroxylation sites is 1. The molecule has 2 aromatic carbocycles. The van der Waals surface area contributed by atoms with Gasteiger partial charge in [0.25, 0.3) is 5.69 Å². The van der Waals surface area contributed by atoms with Crippen LogP contribution in [0.4, 0.5) is 5.69 Å². The molecule has 0 spiro atoms. The molecule has 0 aliphatic heterocycles. The average Bonchev–Trinajstić information content (AvgIpc) is 2.39. The van der Waals surface area contributed by atoms with Crippen LogP contribution >= 0.6 is 0 Å². The highest BCUT2D eigenvalue weighted by Crippen LogP contribution is 2.26. The predicted molar refractivity (Wildman–Crippen MR) is 66.6 cm³/mol. The molecule has 6 nitrogen and oxygen atoms in total. The van der Waals surface area contributed by atoms with Gasteiger partial charge in [-0.1, -0.05) is 12.1 Å². The van der Waals surface area contributed by atoms with E-state index in [9.17, 15) is 14.9 Å². The number of carbonyl (C=O) groups is 1. The van der Waals surface area contributed by atoms with E-state index in [1.165, 1.54) is 36.4 Å². The van der Waals surface area contributed by atoms with Gasteiger partial charge in [-0.2, -0.15) is 0 Å². The monoisotopic (exact) mass is 259 g/mol. The van der Waals surface area contributed by atoms with Crippen LogP contribution < -0.4 is 4.74 Å². The average molecular weight is 259 g/mol. The Morgan fingerprint density at radius 2 is 1.74 bits per heavy atom. The zero-order chi connectivity index (χ0) is 13.8. The zero-order valence-electron chi connectivity index (χ0n) is 9.65. The van der Waals surface area contributed by atoms with Crippen LogP contribution in [0.1, 0.15) is 10.4 Å². The lowest BCUT2D eigenvalue weighted by molar-refractivity contribution is -0.384. The first-order chi connectivity index (χ1) is 9.08. The molecule has 0 aliphatic rings. The quantitative estimate of drug-likeness (QED) is 0.673. The first-order valence-electron chi connectivity index (χ1n) is 5.32. The first kappa shape index (κ1) is 12.6. The Hall–Kier alpha value is -2.89. The Kier molecular flexibility index (Phi) is 3.42. The van der Waals surface area contributed by atoms with E-state index in [1.54, 1.807) is 12.1 Å². The van der Waals surface area contributed by atoms with Crippen LogP contribution in [-0.4, -0.2) is 16.0 Å². The molecule has 0 aromatic heterocycles. The normalized spacial score (nSPS) is 9.89. The summed E-state index contributed by atoms with van der Waals surface area (Å²) in [5, 5.41) is 19.5. The van der Waals surface area contributed by atoms with Gasteiger partial charge in [0.05, 0.1) is 4.92 Å². The molecule has 0 heterocycles. The number of rotatable bonds is 4. The van der Waals surface area contributed by atoms with Gasteiger partial charge in [0.15, 0.2) is 0 Å². The Morgan fingerprint density at radius 3 is 2.32 bits per heavy atom. The summed E-state index contributed by atoms with van der Waals surface area (Å²) < 4.78 is 5.40. The van der Waals surface area contributed by atoms with Gasteiger partial charge in [0.1, 0.15) is 17.1 Å². The highest BCUT2D eigenvalue weighted by atomic mass is 16.6. The maximum absolute atomic E-state index is 11.0. The molecule has 6 heteroatoms. The van der Waals surface area contributed by atoms with Crippen molar-refractivity contribution in [3.8, 4) is 11.5 Å². The number of nitro groups is 1. The van der Waals surface area contributed by atoms with Crippen LogP contribution in [0.3, 0.4) is 0 Å². The number of carboxylic acid groups (broad SMARTS) is 1. The van der Waals surface area contributed by atoms with Crippen molar-refractivity contribution in [1.29, 1.82) is 0 Å². The minimum absolute atomic E-state index is 0.0286. The molecule has 0 saturated carbocycles. The second kappa shape index (κ2) is 5.18. The standard InChI is InChI=1S/C13H9NO5/c15-13(16)11-3-1-2-4-12(11)19-10-7-5-9(6-8-10)14(17)18/h1-8H,(H,15,16). The number of aromatic carboxylic acids is 1. The summed E-state index contributed by atoms with van der Waals surface area (Å²) in [6.07, 6.45) is 0. The molecular formula is C13H9NO5. The summed E-state index contributed by atoms with van der Waals surface area (Å²) in [5.41, 5.74) is -0.0280. The lowest BCUT2D eigenvalue weighted by Crippen LogP contribution is -1.99. The number of hydrogen-bond donors (Lipinski definition) is 1. The maximum atomic E-state index is 11.0. The topological polar surface area (TPSA) is 89.7 Å². The summed E-state index contributed by atoms with van der Waals surface area (Å²) in [6, 6.07) is 11.6. The minimum Gasteiger partial charge on any atom is -0.478 e. The number of ether oxygens (including phenoxy) is 1. The Balaban J connectivity index is 2.26. The van der Waals surface area contributed by atoms with Crippen molar-refractivity contribution in [1.82, 2.24) is 0 Å². The van der Waals surface area contributed by atoms with E-state index in [0.717, 1.165) is 0 Å². The smallest absolute Gasteiger partial charge is 0.339 e. The number of nitrogens with zero attached hydrogens (tertiary/aromatic N) is 1. The fraction of sp³-hybridized carbons (Fsp3) is 0. The van der Waals surface area contributed by atoms with Crippen LogP contribution in [0.15, 0.2) is 48.5 Å². The van der Waals surface area contributed by atoms with E-state index in [-0.39, 0.29) is 17.0 Å². The highest BCUT2D eigenvalue weighted by molar-refractivity contribution is 5.90. The number of nitro benzene ring substituents is 1. The number of carboxylic acids is 1. The van der Waals surface area contributed by atoms with Crippen molar-refractivity contribution in [2.45, 2.75) is 0 Å². The summed E-state index contributed by atoms with van der Waals surface area (Å²) in [7, 11) is 0. The van der Waals surface area contributed by atoms with Crippen molar-refractivity contribution in [2.24, 2.45) is 0 Å². The van der Waals surface area contributed by atoms with Crippen LogP contribution in [0.5, 0.6) is 11.5 Å². The molecule has 0 atom stereocenters. The fourth-order valence-electron chi connectivity index (χ4n) is 1.50. The molecule has 0 radical (unpaired) electrons. The molecule has 0 aliphatic carbocycles. The molecule has 19 heavy (non-hydrogen) atoms. The second-order valence-corrected chi connectivity index (χ2v) is 3.65. The van der Waals surface area contributed by atoms with E-state index in [0.29, 0.717) is 5.75 Å². The Labute approximate surface area is 108 Å². The van der Waals surface area contributed by atoms with Crippen LogP contribution in [0.25, 0.3) is 0 Å². The van der Waals surface area contributed by atoms with Crippen LogP contribution in [0.2, 0.25) is 0 Å². The van der Waals surface area contributed by atoms with E-state index in [4.69, 9.17) is 9.84 Å². The third-order valence-corrected chi connectivity index (χ3v) is 2.39. The largest absolute Gasteiger partial charge is 0.478 e. The lowest BCUT2D eigenvalue weighted by atomic mass is 10.2. The minimum atomic E-state index is -1.10. The number of hydrogen-bond acceptors (Lipinski definition) is 4. The maximum Gasteiger partial charge on any atom is 0.339 e. The summed E-state index contributed by atoms with van der Waals surface area (Å²) in [6.45, 7) is 0. The summed E-state index contributed by atoms with van der Waals surface area (Å²) >= 11 is 0. The SMILES string of the molecule is O=C(O)c1ccccc1Oc1ccc([N+](=O)[O-])cc1. The molecular weight excluding hydrogens is 250 g/mol. The Bertz CT molecular complexity index is 621. The van der Waals surface area contributed by atoms with Crippen LogP contribution in [0, 0.1) is 10.1 Å². The van der Waals surface area contributed by atoms with Crippen LogP contribution in [-0.2, 0) is 0 Å². The molecule has 0 fully saturated rings. The molecule has 96 valence electrons. The third kappa shape index (κ3) is 2.86. The summed E-state index contributed by atoms with van der Waals surface area (Å²) in [4.78, 5) is 21.0. The first-order valence-corrected chi connectivity index (χ1v) is 5.32. The molecule has 0 amide bonds. The van der Waals surface area contributed by atoms with E-state index in [2.05, 4.69) is 0 Å². The second-order valence-electron chi connectivity index (χ2n) is 3.65. The molecule has 2 rings (SSSR count). The van der Waals surface area contributed by atoms with Gasteiger partial charge >= 0.3 is 5.97 Å². The molecule has 2 aromatic rings. The van der Waals surface area contributed by atoms with Gasteiger partial charge in [-0.05, 0) is 24.3 Å². The van der Waals surface area contributed by atoms with Gasteiger partial charge in [0.2, 0.25) is 0 Å². The lowest BCUT2D eigenvalue weighted by Gasteiger charge is -2.07. The molecule has 1 N–H and O–H groups in total. The van der Waals surface area contributed by atoms with Crippen molar-refractivity contribution in [2.75, 3.05) is 0 Å². The molecule has 0 unspecified atom stereocenters.